The van der Waals surface area contributed by atoms with Crippen molar-refractivity contribution in [3.05, 3.63) is 5.51 Å². The summed E-state index contributed by atoms with van der Waals surface area (Å²) < 4.78 is 6.09. The lowest BCUT2D eigenvalue weighted by atomic mass is 9.85. The molecule has 1 heterocycles. The van der Waals surface area contributed by atoms with E-state index in [-0.39, 0.29) is 5.97 Å². The molecule has 1 aromatic rings. The van der Waals surface area contributed by atoms with Crippen molar-refractivity contribution in [2.75, 3.05) is 19.4 Å². The van der Waals surface area contributed by atoms with E-state index in [1.54, 1.807) is 28.6 Å². The lowest BCUT2D eigenvalue weighted by Gasteiger charge is -2.34. The predicted octanol–water partition coefficient (Wildman–Crippen LogP) is 2.73. The van der Waals surface area contributed by atoms with Crippen LogP contribution in [0.2, 0.25) is 0 Å². The van der Waals surface area contributed by atoms with Gasteiger partial charge in [0.1, 0.15) is 11.0 Å². The maximum atomic E-state index is 12.3. The van der Waals surface area contributed by atoms with Crippen LogP contribution in [0.3, 0.4) is 0 Å². The second-order valence-corrected chi connectivity index (χ2v) is 7.50. The molecule has 0 bridgehead atoms. The average Bonchev–Trinajstić information content (AvgIpc) is 3.15. The first kappa shape index (κ1) is 16.7. The van der Waals surface area contributed by atoms with Crippen LogP contribution in [0.4, 0.5) is 0 Å². The molecule has 5 nitrogen and oxygen atoms in total. The fraction of sp³-hybridized carbons (Fsp3) is 0.786. The predicted molar refractivity (Wildman–Crippen MR) is 85.6 cm³/mol. The van der Waals surface area contributed by atoms with Gasteiger partial charge in [0.25, 0.3) is 0 Å². The van der Waals surface area contributed by atoms with Crippen LogP contribution in [-0.4, -0.2) is 41.1 Å². The Morgan fingerprint density at radius 3 is 3.19 bits per heavy atom. The van der Waals surface area contributed by atoms with Crippen LogP contribution in [-0.2, 0) is 9.53 Å². The maximum Gasteiger partial charge on any atom is 0.326 e. The fourth-order valence-corrected chi connectivity index (χ4v) is 4.70. The highest BCUT2D eigenvalue weighted by Gasteiger charge is 2.49. The Kier molecular flexibility index (Phi) is 6.44. The number of aromatic nitrogens is 2. The summed E-state index contributed by atoms with van der Waals surface area (Å²) in [4.78, 5) is 12.3. The monoisotopic (exact) mass is 329 g/mol. The Morgan fingerprint density at radius 2 is 2.52 bits per heavy atom. The number of hydrogen-bond donors (Lipinski definition) is 1. The molecule has 0 radical (unpaired) electrons. The smallest absolute Gasteiger partial charge is 0.326 e. The zero-order chi connectivity index (χ0) is 15.1. The summed E-state index contributed by atoms with van der Waals surface area (Å²) in [5, 5.41) is 11.4. The Bertz CT molecular complexity index is 441. The number of carbonyl (C=O) groups excluding carboxylic acids is 1. The van der Waals surface area contributed by atoms with E-state index in [2.05, 4.69) is 22.4 Å². The van der Waals surface area contributed by atoms with Gasteiger partial charge in [0.05, 0.1) is 7.11 Å². The zero-order valence-electron chi connectivity index (χ0n) is 12.6. The van der Waals surface area contributed by atoms with Crippen molar-refractivity contribution in [2.45, 2.75) is 48.9 Å². The van der Waals surface area contributed by atoms with Gasteiger partial charge in [-0.25, -0.2) is 0 Å². The molecule has 1 aliphatic rings. The molecule has 2 rings (SSSR count). The van der Waals surface area contributed by atoms with Crippen LogP contribution in [0.15, 0.2) is 9.85 Å². The van der Waals surface area contributed by atoms with Gasteiger partial charge in [-0.1, -0.05) is 36.4 Å². The number of esters is 1. The van der Waals surface area contributed by atoms with Crippen molar-refractivity contribution in [3.8, 4) is 0 Å². The first-order chi connectivity index (χ1) is 10.2. The maximum absolute atomic E-state index is 12.3. The molecule has 0 saturated heterocycles. The molecule has 0 aromatic carbocycles. The summed E-state index contributed by atoms with van der Waals surface area (Å²) in [5.41, 5.74) is 1.27. The van der Waals surface area contributed by atoms with E-state index < -0.39 is 5.54 Å². The molecule has 1 saturated carbocycles. The van der Waals surface area contributed by atoms with Gasteiger partial charge in [0.15, 0.2) is 4.34 Å². The topological polar surface area (TPSA) is 64.1 Å². The van der Waals surface area contributed by atoms with Crippen LogP contribution >= 0.6 is 23.1 Å². The van der Waals surface area contributed by atoms with E-state index in [4.69, 9.17) is 4.74 Å². The number of hydrogen-bond acceptors (Lipinski definition) is 7. The van der Waals surface area contributed by atoms with Crippen molar-refractivity contribution in [3.63, 3.8) is 0 Å². The van der Waals surface area contributed by atoms with Gasteiger partial charge in [0.2, 0.25) is 0 Å². The van der Waals surface area contributed by atoms with Crippen molar-refractivity contribution in [1.29, 1.82) is 0 Å². The standard InChI is InChI=1S/C14H23N3O2S2/c1-3-8-15-14(12(18)19-2)7-4-5-11(14)6-9-20-13-17-16-10-21-13/h10-11,15H,3-9H2,1-2H3. The Hall–Kier alpha value is -0.660. The van der Waals surface area contributed by atoms with Gasteiger partial charge in [-0.05, 0) is 38.1 Å². The lowest BCUT2D eigenvalue weighted by Crippen LogP contribution is -2.55. The molecule has 7 heteroatoms. The van der Waals surface area contributed by atoms with Crippen molar-refractivity contribution < 1.29 is 9.53 Å². The fourth-order valence-electron chi connectivity index (χ4n) is 3.09. The van der Waals surface area contributed by atoms with Crippen LogP contribution in [0.25, 0.3) is 0 Å². The first-order valence-corrected chi connectivity index (χ1v) is 9.32. The highest BCUT2D eigenvalue weighted by molar-refractivity contribution is 8.00. The highest BCUT2D eigenvalue weighted by Crippen LogP contribution is 2.40. The van der Waals surface area contributed by atoms with E-state index >= 15 is 0 Å². The van der Waals surface area contributed by atoms with Gasteiger partial charge in [0, 0.05) is 5.75 Å². The van der Waals surface area contributed by atoms with E-state index in [9.17, 15) is 4.79 Å². The minimum Gasteiger partial charge on any atom is -0.468 e. The first-order valence-electron chi connectivity index (χ1n) is 7.45. The molecule has 1 aliphatic carbocycles. The summed E-state index contributed by atoms with van der Waals surface area (Å²) in [5.74, 6) is 1.21. The molecule has 118 valence electrons. The third kappa shape index (κ3) is 3.96. The minimum absolute atomic E-state index is 0.0978. The molecule has 1 fully saturated rings. The largest absolute Gasteiger partial charge is 0.468 e. The van der Waals surface area contributed by atoms with Crippen LogP contribution in [0.5, 0.6) is 0 Å². The SMILES string of the molecule is CCCNC1(C(=O)OC)CCCC1CCSc1nncs1. The van der Waals surface area contributed by atoms with E-state index in [0.717, 1.165) is 48.7 Å². The summed E-state index contributed by atoms with van der Waals surface area (Å²) in [6, 6.07) is 0. The van der Waals surface area contributed by atoms with E-state index in [1.165, 1.54) is 7.11 Å². The molecule has 0 aliphatic heterocycles. The molecular formula is C14H23N3O2S2. The normalized spacial score (nSPS) is 25.1. The third-order valence-electron chi connectivity index (χ3n) is 4.09. The lowest BCUT2D eigenvalue weighted by molar-refractivity contribution is -0.150. The molecule has 0 amide bonds. The van der Waals surface area contributed by atoms with Crippen LogP contribution in [0.1, 0.15) is 39.0 Å². The highest BCUT2D eigenvalue weighted by atomic mass is 32.2. The summed E-state index contributed by atoms with van der Waals surface area (Å²) in [6.07, 6.45) is 5.07. The summed E-state index contributed by atoms with van der Waals surface area (Å²) >= 11 is 3.29. The Morgan fingerprint density at radius 1 is 1.67 bits per heavy atom. The quantitative estimate of drug-likeness (QED) is 0.584. The third-order valence-corrected chi connectivity index (χ3v) is 5.99. The summed E-state index contributed by atoms with van der Waals surface area (Å²) in [6.45, 7) is 2.97. The van der Waals surface area contributed by atoms with Crippen LogP contribution in [0, 0.1) is 5.92 Å². The Balaban J connectivity index is 1.96. The van der Waals surface area contributed by atoms with Crippen LogP contribution < -0.4 is 5.32 Å². The van der Waals surface area contributed by atoms with E-state index in [1.807, 2.05) is 0 Å². The number of nitrogens with one attached hydrogen (secondary N) is 1. The second-order valence-electron chi connectivity index (χ2n) is 5.32. The van der Waals surface area contributed by atoms with Gasteiger partial charge < -0.3 is 10.1 Å². The Labute approximate surface area is 134 Å². The van der Waals surface area contributed by atoms with Gasteiger partial charge in [-0.3, -0.25) is 4.79 Å². The number of thioether (sulfide) groups is 1. The molecule has 2 atom stereocenters. The van der Waals surface area contributed by atoms with Crippen molar-refractivity contribution in [2.24, 2.45) is 5.92 Å². The molecular weight excluding hydrogens is 306 g/mol. The van der Waals surface area contributed by atoms with Crippen molar-refractivity contribution >= 4 is 29.1 Å². The number of methoxy groups -OCH3 is 1. The molecule has 1 N–H and O–H groups in total. The number of carbonyl (C=O) groups is 1. The minimum atomic E-state index is -0.480. The molecule has 2 unspecified atom stereocenters. The molecule has 1 aromatic heterocycles. The van der Waals surface area contributed by atoms with Gasteiger partial charge >= 0.3 is 5.97 Å². The van der Waals surface area contributed by atoms with Gasteiger partial charge in [-0.15, -0.1) is 10.2 Å². The average molecular weight is 329 g/mol. The number of nitrogens with zero attached hydrogens (tertiary/aromatic N) is 2. The summed E-state index contributed by atoms with van der Waals surface area (Å²) in [7, 11) is 1.49. The number of rotatable bonds is 8. The van der Waals surface area contributed by atoms with Gasteiger partial charge in [-0.2, -0.15) is 0 Å². The molecule has 21 heavy (non-hydrogen) atoms. The zero-order valence-corrected chi connectivity index (χ0v) is 14.3. The second kappa shape index (κ2) is 8.10. The molecule has 0 spiro atoms. The number of ether oxygens (including phenoxy) is 1. The van der Waals surface area contributed by atoms with E-state index in [0.29, 0.717) is 5.92 Å². The van der Waals surface area contributed by atoms with Crippen molar-refractivity contribution in [1.82, 2.24) is 15.5 Å².